The molecule has 3 fully saturated rings. The number of hydrogen-bond acceptors (Lipinski definition) is 4. The summed E-state index contributed by atoms with van der Waals surface area (Å²) in [6.45, 7) is 8.17. The molecule has 0 aromatic heterocycles. The lowest BCUT2D eigenvalue weighted by molar-refractivity contribution is -0.137. The Morgan fingerprint density at radius 2 is 1.62 bits per heavy atom. The Balaban J connectivity index is 1.40. The Bertz CT molecular complexity index is 468. The van der Waals surface area contributed by atoms with Gasteiger partial charge < -0.3 is 14.7 Å². The van der Waals surface area contributed by atoms with Crippen LogP contribution in [0.4, 0.5) is 0 Å². The van der Waals surface area contributed by atoms with E-state index in [0.29, 0.717) is 24.4 Å². The molecule has 3 rings (SSSR count). The van der Waals surface area contributed by atoms with Gasteiger partial charge in [-0.15, -0.1) is 0 Å². The highest BCUT2D eigenvalue weighted by atomic mass is 16.2. The lowest BCUT2D eigenvalue weighted by atomic mass is 10.0. The van der Waals surface area contributed by atoms with E-state index in [4.69, 9.17) is 0 Å². The maximum atomic E-state index is 12.4. The predicted octanol–water partition coefficient (Wildman–Crippen LogP) is 0.339. The van der Waals surface area contributed by atoms with Crippen molar-refractivity contribution in [2.45, 2.75) is 32.2 Å². The molecule has 3 aliphatic rings. The fraction of sp³-hybridized carbons (Fsp3) is 0.889. The molecule has 6 heteroatoms. The summed E-state index contributed by atoms with van der Waals surface area (Å²) in [6, 6.07) is 0.347. The first-order chi connectivity index (χ1) is 11.5. The molecule has 136 valence electrons. The van der Waals surface area contributed by atoms with Gasteiger partial charge in [0.2, 0.25) is 11.8 Å². The van der Waals surface area contributed by atoms with Crippen LogP contribution in [0.25, 0.3) is 0 Å². The summed E-state index contributed by atoms with van der Waals surface area (Å²) in [4.78, 5) is 33.3. The van der Waals surface area contributed by atoms with E-state index in [1.807, 2.05) is 16.8 Å². The molecular formula is C18H32N4O2. The van der Waals surface area contributed by atoms with Gasteiger partial charge in [0, 0.05) is 58.3 Å². The molecule has 0 aromatic carbocycles. The van der Waals surface area contributed by atoms with E-state index in [-0.39, 0.29) is 11.8 Å². The predicted molar refractivity (Wildman–Crippen MR) is 93.6 cm³/mol. The molecule has 2 amide bonds. The van der Waals surface area contributed by atoms with Gasteiger partial charge in [0.1, 0.15) is 0 Å². The normalized spacial score (nSPS) is 29.5. The highest BCUT2D eigenvalue weighted by Gasteiger charge is 2.42. The van der Waals surface area contributed by atoms with Crippen molar-refractivity contribution in [3.05, 3.63) is 0 Å². The molecule has 2 aliphatic heterocycles. The monoisotopic (exact) mass is 336 g/mol. The van der Waals surface area contributed by atoms with Crippen molar-refractivity contribution in [3.8, 4) is 0 Å². The molecule has 0 unspecified atom stereocenters. The topological polar surface area (TPSA) is 47.1 Å². The Morgan fingerprint density at radius 1 is 1.04 bits per heavy atom. The van der Waals surface area contributed by atoms with Crippen LogP contribution in [0.3, 0.4) is 0 Å². The van der Waals surface area contributed by atoms with Crippen LogP contribution in [-0.2, 0) is 9.59 Å². The van der Waals surface area contributed by atoms with Gasteiger partial charge in [-0.1, -0.05) is 6.92 Å². The Kier molecular flexibility index (Phi) is 5.45. The van der Waals surface area contributed by atoms with E-state index in [1.54, 1.807) is 0 Å². The maximum absolute atomic E-state index is 12.4. The fourth-order valence-electron chi connectivity index (χ4n) is 3.92. The van der Waals surface area contributed by atoms with Crippen LogP contribution in [0, 0.1) is 11.8 Å². The molecule has 0 spiro atoms. The summed E-state index contributed by atoms with van der Waals surface area (Å²) < 4.78 is 0. The highest BCUT2D eigenvalue weighted by Crippen LogP contribution is 2.39. The van der Waals surface area contributed by atoms with Crippen LogP contribution >= 0.6 is 0 Å². The molecule has 0 N–H and O–H groups in total. The highest BCUT2D eigenvalue weighted by molar-refractivity contribution is 5.81. The SMILES string of the molecule is C[C@@H]1C[C@H]1C(=O)N(C)C1CCN(CC(=O)N2CCN(C)CC2)CC1. The van der Waals surface area contributed by atoms with Crippen LogP contribution < -0.4 is 0 Å². The van der Waals surface area contributed by atoms with Gasteiger partial charge in [-0.3, -0.25) is 14.5 Å². The summed E-state index contributed by atoms with van der Waals surface area (Å²) >= 11 is 0. The van der Waals surface area contributed by atoms with Crippen molar-refractivity contribution < 1.29 is 9.59 Å². The molecular weight excluding hydrogens is 304 g/mol. The number of piperidine rings is 1. The van der Waals surface area contributed by atoms with Crippen molar-refractivity contribution in [1.29, 1.82) is 0 Å². The third kappa shape index (κ3) is 4.09. The molecule has 0 radical (unpaired) electrons. The molecule has 2 saturated heterocycles. The molecule has 24 heavy (non-hydrogen) atoms. The number of carbonyl (C=O) groups is 2. The Labute approximate surface area is 145 Å². The Morgan fingerprint density at radius 3 is 2.17 bits per heavy atom. The minimum Gasteiger partial charge on any atom is -0.342 e. The Hall–Kier alpha value is -1.14. The van der Waals surface area contributed by atoms with Crippen LogP contribution in [0.15, 0.2) is 0 Å². The minimum absolute atomic E-state index is 0.262. The lowest BCUT2D eigenvalue weighted by Crippen LogP contribution is -2.52. The second kappa shape index (κ2) is 7.40. The second-order valence-electron chi connectivity index (χ2n) is 7.96. The van der Waals surface area contributed by atoms with Crippen molar-refractivity contribution in [2.75, 3.05) is 59.9 Å². The first kappa shape index (κ1) is 17.7. The van der Waals surface area contributed by atoms with Crippen molar-refractivity contribution in [3.63, 3.8) is 0 Å². The van der Waals surface area contributed by atoms with E-state index in [9.17, 15) is 9.59 Å². The summed E-state index contributed by atoms with van der Waals surface area (Å²) in [6.07, 6.45) is 3.03. The van der Waals surface area contributed by atoms with Gasteiger partial charge in [-0.25, -0.2) is 0 Å². The number of piperazine rings is 1. The quantitative estimate of drug-likeness (QED) is 0.743. The van der Waals surface area contributed by atoms with Gasteiger partial charge in [-0.05, 0) is 32.2 Å². The van der Waals surface area contributed by atoms with Gasteiger partial charge >= 0.3 is 0 Å². The van der Waals surface area contributed by atoms with Crippen LogP contribution in [0.2, 0.25) is 0 Å². The summed E-state index contributed by atoms with van der Waals surface area (Å²) in [7, 11) is 4.07. The largest absolute Gasteiger partial charge is 0.342 e. The smallest absolute Gasteiger partial charge is 0.236 e. The summed E-state index contributed by atoms with van der Waals surface area (Å²) in [5.74, 6) is 1.43. The zero-order valence-electron chi connectivity index (χ0n) is 15.4. The summed E-state index contributed by atoms with van der Waals surface area (Å²) in [5, 5.41) is 0. The van der Waals surface area contributed by atoms with E-state index in [0.717, 1.165) is 58.5 Å². The molecule has 0 bridgehead atoms. The van der Waals surface area contributed by atoms with Gasteiger partial charge in [0.05, 0.1) is 6.54 Å². The van der Waals surface area contributed by atoms with Gasteiger partial charge in [-0.2, -0.15) is 0 Å². The standard InChI is InChI=1S/C18H32N4O2/c1-14-12-16(14)18(24)20(3)15-4-6-21(7-5-15)13-17(23)22-10-8-19(2)9-11-22/h14-16H,4-13H2,1-3H3/t14-,16-/m1/s1. The molecule has 1 saturated carbocycles. The third-order valence-corrected chi connectivity index (χ3v) is 6.09. The third-order valence-electron chi connectivity index (χ3n) is 6.09. The lowest BCUT2D eigenvalue weighted by Gasteiger charge is -2.38. The van der Waals surface area contributed by atoms with E-state index in [1.165, 1.54) is 0 Å². The van der Waals surface area contributed by atoms with Crippen molar-refractivity contribution >= 4 is 11.8 Å². The second-order valence-corrected chi connectivity index (χ2v) is 7.96. The number of rotatable bonds is 4. The first-order valence-electron chi connectivity index (χ1n) is 9.41. The number of likely N-dealkylation sites (tertiary alicyclic amines) is 1. The van der Waals surface area contributed by atoms with Gasteiger partial charge in [0.15, 0.2) is 0 Å². The van der Waals surface area contributed by atoms with Crippen LogP contribution in [0.5, 0.6) is 0 Å². The average Bonchev–Trinajstić information content (AvgIpc) is 3.31. The summed E-state index contributed by atoms with van der Waals surface area (Å²) in [5.41, 5.74) is 0. The number of amides is 2. The number of likely N-dealkylation sites (N-methyl/N-ethyl adjacent to an activating group) is 1. The average molecular weight is 336 g/mol. The number of carbonyl (C=O) groups excluding carboxylic acids is 2. The van der Waals surface area contributed by atoms with Crippen molar-refractivity contribution in [1.82, 2.24) is 19.6 Å². The molecule has 2 heterocycles. The molecule has 0 aromatic rings. The van der Waals surface area contributed by atoms with E-state index in [2.05, 4.69) is 23.8 Å². The maximum Gasteiger partial charge on any atom is 0.236 e. The molecule has 6 nitrogen and oxygen atoms in total. The fourth-order valence-corrected chi connectivity index (χ4v) is 3.92. The van der Waals surface area contributed by atoms with Gasteiger partial charge in [0.25, 0.3) is 0 Å². The first-order valence-corrected chi connectivity index (χ1v) is 9.41. The van der Waals surface area contributed by atoms with E-state index >= 15 is 0 Å². The van der Waals surface area contributed by atoms with Crippen molar-refractivity contribution in [2.24, 2.45) is 11.8 Å². The zero-order valence-corrected chi connectivity index (χ0v) is 15.4. The number of nitrogens with zero attached hydrogens (tertiary/aromatic N) is 4. The number of hydrogen-bond donors (Lipinski definition) is 0. The minimum atomic E-state index is 0.262. The van der Waals surface area contributed by atoms with E-state index < -0.39 is 0 Å². The van der Waals surface area contributed by atoms with Crippen LogP contribution in [0.1, 0.15) is 26.2 Å². The molecule has 2 atom stereocenters. The van der Waals surface area contributed by atoms with Crippen LogP contribution in [-0.4, -0.2) is 97.4 Å². The zero-order chi connectivity index (χ0) is 17.3. The molecule has 1 aliphatic carbocycles.